The van der Waals surface area contributed by atoms with E-state index < -0.39 is 11.8 Å². The normalized spacial score (nSPS) is 30.5. The van der Waals surface area contributed by atoms with Gasteiger partial charge in [-0.2, -0.15) is 0 Å². The molecular weight excluding hydrogens is 389 g/mol. The lowest BCUT2D eigenvalue weighted by molar-refractivity contribution is -0.151. The fourth-order valence-corrected chi connectivity index (χ4v) is 5.02. The zero-order chi connectivity index (χ0) is 17.8. The molecule has 0 saturated heterocycles. The molecule has 0 aromatic heterocycles. The largest absolute Gasteiger partial charge is 0.469 e. The second kappa shape index (κ2) is 5.94. The molecule has 1 amide bonds. The Bertz CT molecular complexity index is 774. The summed E-state index contributed by atoms with van der Waals surface area (Å²) in [5, 5.41) is 2.88. The molecule has 4 nitrogen and oxygen atoms in total. The van der Waals surface area contributed by atoms with Gasteiger partial charge >= 0.3 is 5.97 Å². The molecule has 0 heterocycles. The monoisotopic (exact) mass is 407 g/mol. The van der Waals surface area contributed by atoms with Gasteiger partial charge in [0.25, 0.3) is 0 Å². The van der Waals surface area contributed by atoms with Crippen molar-refractivity contribution in [2.45, 2.75) is 19.4 Å². The van der Waals surface area contributed by atoms with Crippen LogP contribution in [0, 0.1) is 34.9 Å². The van der Waals surface area contributed by atoms with Crippen molar-refractivity contribution < 1.29 is 18.7 Å². The summed E-state index contributed by atoms with van der Waals surface area (Å²) in [7, 11) is 1.37. The number of nitrogens with one attached hydrogen (secondary N) is 1. The van der Waals surface area contributed by atoms with Crippen molar-refractivity contribution in [3.63, 3.8) is 0 Å². The van der Waals surface area contributed by atoms with Crippen molar-refractivity contribution in [1.29, 1.82) is 0 Å². The van der Waals surface area contributed by atoms with Crippen molar-refractivity contribution in [3.05, 3.63) is 46.2 Å². The molecule has 1 N–H and O–H groups in total. The molecule has 2 saturated carbocycles. The molecule has 25 heavy (non-hydrogen) atoms. The molecule has 2 bridgehead atoms. The molecule has 4 atom stereocenters. The molecule has 0 radical (unpaired) electrons. The van der Waals surface area contributed by atoms with Gasteiger partial charge in [-0.25, -0.2) is 4.39 Å². The van der Waals surface area contributed by atoms with Crippen molar-refractivity contribution in [1.82, 2.24) is 5.32 Å². The molecular formula is C19H19BrFNO3. The molecule has 2 fully saturated rings. The van der Waals surface area contributed by atoms with Crippen LogP contribution in [0.25, 0.3) is 0 Å². The summed E-state index contributed by atoms with van der Waals surface area (Å²) in [6, 6.07) is 4.77. The van der Waals surface area contributed by atoms with Crippen molar-refractivity contribution in [2.75, 3.05) is 7.11 Å². The minimum atomic E-state index is -0.413. The van der Waals surface area contributed by atoms with Gasteiger partial charge in [-0.15, -0.1) is 0 Å². The number of carbonyl (C=O) groups excluding carboxylic acids is 2. The summed E-state index contributed by atoms with van der Waals surface area (Å²) in [6.07, 6.45) is 6.31. The van der Waals surface area contributed by atoms with Crippen LogP contribution in [-0.4, -0.2) is 19.0 Å². The van der Waals surface area contributed by atoms with Crippen LogP contribution in [0.5, 0.6) is 0 Å². The number of ether oxygens (including phenoxy) is 1. The highest BCUT2D eigenvalue weighted by Gasteiger charge is 2.70. The number of benzene rings is 1. The minimum absolute atomic E-state index is 0.0879. The number of amides is 1. The van der Waals surface area contributed by atoms with Gasteiger partial charge in [0.15, 0.2) is 0 Å². The number of halogens is 2. The van der Waals surface area contributed by atoms with E-state index in [-0.39, 0.29) is 41.5 Å². The van der Waals surface area contributed by atoms with Crippen LogP contribution >= 0.6 is 15.9 Å². The van der Waals surface area contributed by atoms with Crippen molar-refractivity contribution >= 4 is 27.8 Å². The Morgan fingerprint density at radius 2 is 1.96 bits per heavy atom. The van der Waals surface area contributed by atoms with Gasteiger partial charge in [0.2, 0.25) is 5.91 Å². The summed E-state index contributed by atoms with van der Waals surface area (Å²) in [5.41, 5.74) is 0.772. The van der Waals surface area contributed by atoms with E-state index in [0.717, 1.165) is 12.8 Å². The quantitative estimate of drug-likeness (QED) is 0.615. The van der Waals surface area contributed by atoms with Crippen LogP contribution in [0.2, 0.25) is 0 Å². The SMILES string of the molecule is COC(=O)[C@H]1C(C(=O)NCc2ccc(Br)c(F)c2)[C@@H]2C=C[C@H]1C21CC1. The molecule has 0 aliphatic heterocycles. The predicted octanol–water partition coefficient (Wildman–Crippen LogP) is 3.21. The van der Waals surface area contributed by atoms with Crippen LogP contribution in [0.4, 0.5) is 4.39 Å². The van der Waals surface area contributed by atoms with Crippen LogP contribution in [-0.2, 0) is 20.9 Å². The lowest BCUT2D eigenvalue weighted by Crippen LogP contribution is -2.40. The van der Waals surface area contributed by atoms with E-state index in [4.69, 9.17) is 4.74 Å². The third-order valence-corrected chi connectivity index (χ3v) is 6.71. The molecule has 3 aliphatic carbocycles. The Morgan fingerprint density at radius 3 is 2.56 bits per heavy atom. The third-order valence-electron chi connectivity index (χ3n) is 6.07. The number of methoxy groups -OCH3 is 1. The van der Waals surface area contributed by atoms with E-state index in [1.54, 1.807) is 12.1 Å². The molecule has 6 heteroatoms. The van der Waals surface area contributed by atoms with Gasteiger partial charge in [-0.3, -0.25) is 9.59 Å². The predicted molar refractivity (Wildman–Crippen MR) is 92.7 cm³/mol. The Morgan fingerprint density at radius 1 is 1.28 bits per heavy atom. The van der Waals surface area contributed by atoms with Gasteiger partial charge in [-0.05, 0) is 63.7 Å². The Balaban J connectivity index is 1.51. The van der Waals surface area contributed by atoms with Gasteiger partial charge in [-0.1, -0.05) is 18.2 Å². The number of carbonyl (C=O) groups is 2. The van der Waals surface area contributed by atoms with Gasteiger partial charge in [0.05, 0.1) is 23.4 Å². The van der Waals surface area contributed by atoms with E-state index in [1.807, 2.05) is 0 Å². The molecule has 1 aromatic carbocycles. The summed E-state index contributed by atoms with van der Waals surface area (Å²) < 4.78 is 19.0. The summed E-state index contributed by atoms with van der Waals surface area (Å²) in [4.78, 5) is 25.2. The van der Waals surface area contributed by atoms with Crippen molar-refractivity contribution in [3.8, 4) is 0 Å². The minimum Gasteiger partial charge on any atom is -0.469 e. The zero-order valence-electron chi connectivity index (χ0n) is 13.8. The van der Waals surface area contributed by atoms with Gasteiger partial charge in [0, 0.05) is 6.54 Å². The fourth-order valence-electron chi connectivity index (χ4n) is 4.77. The summed E-state index contributed by atoms with van der Waals surface area (Å²) in [6.45, 7) is 0.238. The lowest BCUT2D eigenvalue weighted by Gasteiger charge is -2.25. The number of allylic oxidation sites excluding steroid dienone is 2. The number of hydrogen-bond donors (Lipinski definition) is 1. The third kappa shape index (κ3) is 2.53. The molecule has 132 valence electrons. The maximum atomic E-state index is 13.6. The smallest absolute Gasteiger partial charge is 0.310 e. The first-order valence-corrected chi connectivity index (χ1v) is 9.25. The van der Waals surface area contributed by atoms with Crippen LogP contribution in [0.3, 0.4) is 0 Å². The second-order valence-corrected chi connectivity index (χ2v) is 8.06. The summed E-state index contributed by atoms with van der Waals surface area (Å²) in [5.74, 6) is -1.43. The molecule has 1 spiro atoms. The summed E-state index contributed by atoms with van der Waals surface area (Å²) >= 11 is 3.12. The maximum Gasteiger partial charge on any atom is 0.310 e. The number of esters is 1. The van der Waals surface area contributed by atoms with E-state index >= 15 is 0 Å². The maximum absolute atomic E-state index is 13.6. The van der Waals surface area contributed by atoms with Crippen LogP contribution in [0.1, 0.15) is 18.4 Å². The van der Waals surface area contributed by atoms with E-state index in [9.17, 15) is 14.0 Å². The molecule has 3 aliphatic rings. The average molecular weight is 408 g/mol. The molecule has 4 rings (SSSR count). The Labute approximate surface area is 153 Å². The number of rotatable bonds is 4. The fraction of sp³-hybridized carbons (Fsp3) is 0.474. The van der Waals surface area contributed by atoms with E-state index in [0.29, 0.717) is 10.0 Å². The molecule has 1 aromatic rings. The van der Waals surface area contributed by atoms with E-state index in [1.165, 1.54) is 13.2 Å². The highest BCUT2D eigenvalue weighted by molar-refractivity contribution is 9.10. The Kier molecular flexibility index (Phi) is 3.98. The molecule has 1 unspecified atom stereocenters. The first kappa shape index (κ1) is 16.8. The Hall–Kier alpha value is -1.69. The average Bonchev–Trinajstić information content (AvgIpc) is 3.28. The highest BCUT2D eigenvalue weighted by Crippen LogP contribution is 2.72. The van der Waals surface area contributed by atoms with Gasteiger partial charge < -0.3 is 10.1 Å². The highest BCUT2D eigenvalue weighted by atomic mass is 79.9. The topological polar surface area (TPSA) is 55.4 Å². The first-order chi connectivity index (χ1) is 12.0. The standard InChI is InChI=1S/C19H19BrFNO3/c1-25-18(24)16-12-4-3-11(19(12)6-7-19)15(16)17(23)22-9-10-2-5-13(20)14(21)8-10/h2-5,8,11-12,15-16H,6-7,9H2,1H3,(H,22,23)/t11-,12+,15?,16+/m0/s1. The zero-order valence-corrected chi connectivity index (χ0v) is 15.4. The van der Waals surface area contributed by atoms with Crippen molar-refractivity contribution in [2.24, 2.45) is 29.1 Å². The lowest BCUT2D eigenvalue weighted by atomic mass is 9.82. The first-order valence-electron chi connectivity index (χ1n) is 8.46. The van der Waals surface area contributed by atoms with Gasteiger partial charge in [0.1, 0.15) is 5.82 Å². The van der Waals surface area contributed by atoms with E-state index in [2.05, 4.69) is 33.4 Å². The second-order valence-electron chi connectivity index (χ2n) is 7.21. The van der Waals surface area contributed by atoms with Crippen LogP contribution < -0.4 is 5.32 Å². The number of hydrogen-bond acceptors (Lipinski definition) is 3. The van der Waals surface area contributed by atoms with Crippen LogP contribution in [0.15, 0.2) is 34.8 Å².